The molecule has 1 aromatic rings. The van der Waals surface area contributed by atoms with Gasteiger partial charge in [-0.05, 0) is 40.0 Å². The summed E-state index contributed by atoms with van der Waals surface area (Å²) in [5.41, 5.74) is 0.468. The second kappa shape index (κ2) is 6.49. The average Bonchev–Trinajstić information content (AvgIpc) is 2.21. The minimum Gasteiger partial charge on any atom is -0.481 e. The molecule has 0 aromatic heterocycles. The first-order chi connectivity index (χ1) is 8.38. The Labute approximate surface area is 112 Å². The van der Waals surface area contributed by atoms with Crippen molar-refractivity contribution in [2.24, 2.45) is 5.92 Å². The molecular formula is C12H13BrFNO3. The van der Waals surface area contributed by atoms with Crippen molar-refractivity contribution in [2.45, 2.75) is 19.8 Å². The summed E-state index contributed by atoms with van der Waals surface area (Å²) in [6.07, 6.45) is 0.0574. The number of hydrogen-bond donors (Lipinski definition) is 2. The van der Waals surface area contributed by atoms with Crippen LogP contribution in [0.5, 0.6) is 0 Å². The SMILES string of the molecule is CC(CC(=O)O)CC(=O)Nc1ccc(F)c(Br)c1. The number of carbonyl (C=O) groups is 2. The molecule has 0 spiro atoms. The molecule has 1 unspecified atom stereocenters. The van der Waals surface area contributed by atoms with E-state index in [1.807, 2.05) is 0 Å². The van der Waals surface area contributed by atoms with Crippen LogP contribution in [0.2, 0.25) is 0 Å². The highest BCUT2D eigenvalue weighted by atomic mass is 79.9. The second-order valence-corrected chi connectivity index (χ2v) is 4.94. The van der Waals surface area contributed by atoms with Crippen LogP contribution in [0.3, 0.4) is 0 Å². The van der Waals surface area contributed by atoms with Gasteiger partial charge in [0.15, 0.2) is 0 Å². The van der Waals surface area contributed by atoms with Crippen molar-refractivity contribution in [1.82, 2.24) is 0 Å². The molecule has 2 N–H and O–H groups in total. The monoisotopic (exact) mass is 317 g/mol. The Hall–Kier alpha value is -1.43. The van der Waals surface area contributed by atoms with Crippen molar-refractivity contribution >= 4 is 33.5 Å². The molecule has 1 rings (SSSR count). The Balaban J connectivity index is 2.54. The first kappa shape index (κ1) is 14.6. The van der Waals surface area contributed by atoms with E-state index in [9.17, 15) is 14.0 Å². The third-order valence-corrected chi connectivity index (χ3v) is 2.87. The van der Waals surface area contributed by atoms with Gasteiger partial charge in [-0.3, -0.25) is 9.59 Å². The predicted octanol–water partition coefficient (Wildman–Crippen LogP) is 3.03. The van der Waals surface area contributed by atoms with Crippen LogP contribution in [0.1, 0.15) is 19.8 Å². The number of hydrogen-bond acceptors (Lipinski definition) is 2. The molecular weight excluding hydrogens is 305 g/mol. The molecule has 18 heavy (non-hydrogen) atoms. The minimum atomic E-state index is -0.931. The lowest BCUT2D eigenvalue weighted by Gasteiger charge is -2.09. The molecule has 0 saturated heterocycles. The first-order valence-electron chi connectivity index (χ1n) is 5.35. The summed E-state index contributed by atoms with van der Waals surface area (Å²) < 4.78 is 13.2. The Morgan fingerprint density at radius 3 is 2.67 bits per heavy atom. The number of amides is 1. The largest absolute Gasteiger partial charge is 0.481 e. The van der Waals surface area contributed by atoms with Gasteiger partial charge in [0, 0.05) is 18.5 Å². The van der Waals surface area contributed by atoms with E-state index in [-0.39, 0.29) is 29.1 Å². The van der Waals surface area contributed by atoms with E-state index in [0.29, 0.717) is 5.69 Å². The molecule has 0 aliphatic rings. The van der Waals surface area contributed by atoms with E-state index < -0.39 is 11.8 Å². The van der Waals surface area contributed by atoms with Crippen molar-refractivity contribution in [3.8, 4) is 0 Å². The van der Waals surface area contributed by atoms with Gasteiger partial charge < -0.3 is 10.4 Å². The summed E-state index contributed by atoms with van der Waals surface area (Å²) >= 11 is 3.02. The lowest BCUT2D eigenvalue weighted by Crippen LogP contribution is -2.17. The van der Waals surface area contributed by atoms with Crippen molar-refractivity contribution in [3.05, 3.63) is 28.5 Å². The number of aliphatic carboxylic acids is 1. The Morgan fingerprint density at radius 2 is 2.11 bits per heavy atom. The predicted molar refractivity (Wildman–Crippen MR) is 68.8 cm³/mol. The Morgan fingerprint density at radius 1 is 1.44 bits per heavy atom. The molecule has 98 valence electrons. The summed E-state index contributed by atoms with van der Waals surface area (Å²) in [6, 6.07) is 4.13. The molecule has 1 amide bonds. The molecule has 1 aromatic carbocycles. The zero-order chi connectivity index (χ0) is 13.7. The molecule has 0 radical (unpaired) electrons. The third kappa shape index (κ3) is 4.83. The smallest absolute Gasteiger partial charge is 0.303 e. The fraction of sp³-hybridized carbons (Fsp3) is 0.333. The summed E-state index contributed by atoms with van der Waals surface area (Å²) in [4.78, 5) is 22.0. The van der Waals surface area contributed by atoms with Crippen LogP contribution in [0.4, 0.5) is 10.1 Å². The van der Waals surface area contributed by atoms with E-state index >= 15 is 0 Å². The molecule has 1 atom stereocenters. The second-order valence-electron chi connectivity index (χ2n) is 4.08. The molecule has 0 saturated carbocycles. The summed E-state index contributed by atoms with van der Waals surface area (Å²) in [5, 5.41) is 11.2. The van der Waals surface area contributed by atoms with Gasteiger partial charge in [0.05, 0.1) is 4.47 Å². The van der Waals surface area contributed by atoms with Crippen molar-refractivity contribution in [2.75, 3.05) is 5.32 Å². The van der Waals surface area contributed by atoms with Crippen molar-refractivity contribution in [1.29, 1.82) is 0 Å². The van der Waals surface area contributed by atoms with Gasteiger partial charge in [-0.15, -0.1) is 0 Å². The molecule has 0 aliphatic carbocycles. The normalized spacial score (nSPS) is 11.9. The van der Waals surface area contributed by atoms with Gasteiger partial charge in [0.2, 0.25) is 5.91 Å². The van der Waals surface area contributed by atoms with Crippen molar-refractivity contribution < 1.29 is 19.1 Å². The van der Waals surface area contributed by atoms with E-state index in [1.165, 1.54) is 18.2 Å². The number of benzene rings is 1. The highest BCUT2D eigenvalue weighted by molar-refractivity contribution is 9.10. The number of carboxylic acids is 1. The molecule has 0 aliphatic heterocycles. The van der Waals surface area contributed by atoms with Crippen LogP contribution in [0.15, 0.2) is 22.7 Å². The topological polar surface area (TPSA) is 66.4 Å². The third-order valence-electron chi connectivity index (χ3n) is 2.26. The van der Waals surface area contributed by atoms with Gasteiger partial charge in [-0.1, -0.05) is 6.92 Å². The highest BCUT2D eigenvalue weighted by Gasteiger charge is 2.13. The van der Waals surface area contributed by atoms with Crippen LogP contribution in [-0.2, 0) is 9.59 Å². The fourth-order valence-electron chi connectivity index (χ4n) is 1.47. The van der Waals surface area contributed by atoms with Gasteiger partial charge in [-0.25, -0.2) is 4.39 Å². The average molecular weight is 318 g/mol. The quantitative estimate of drug-likeness (QED) is 0.877. The summed E-state index contributed by atoms with van der Waals surface area (Å²) in [5.74, 6) is -1.87. The first-order valence-corrected chi connectivity index (χ1v) is 6.14. The minimum absolute atomic E-state index is 0.0550. The Bertz CT molecular complexity index is 465. The molecule has 0 bridgehead atoms. The van der Waals surface area contributed by atoms with Gasteiger partial charge >= 0.3 is 5.97 Å². The lowest BCUT2D eigenvalue weighted by atomic mass is 10.0. The van der Waals surface area contributed by atoms with Crippen LogP contribution < -0.4 is 5.32 Å². The maximum Gasteiger partial charge on any atom is 0.303 e. The number of carboxylic acid groups (broad SMARTS) is 1. The van der Waals surface area contributed by atoms with E-state index in [0.717, 1.165) is 0 Å². The fourth-order valence-corrected chi connectivity index (χ4v) is 1.85. The highest BCUT2D eigenvalue weighted by Crippen LogP contribution is 2.20. The number of halogens is 2. The number of nitrogens with one attached hydrogen (secondary N) is 1. The molecule has 0 heterocycles. The van der Waals surface area contributed by atoms with E-state index in [4.69, 9.17) is 5.11 Å². The van der Waals surface area contributed by atoms with Crippen LogP contribution >= 0.6 is 15.9 Å². The molecule has 4 nitrogen and oxygen atoms in total. The summed E-state index contributed by atoms with van der Waals surface area (Å²) in [6.45, 7) is 1.69. The lowest BCUT2D eigenvalue weighted by molar-refractivity contribution is -0.138. The van der Waals surface area contributed by atoms with Gasteiger partial charge in [0.25, 0.3) is 0 Å². The van der Waals surface area contributed by atoms with Crippen LogP contribution in [-0.4, -0.2) is 17.0 Å². The number of anilines is 1. The zero-order valence-electron chi connectivity index (χ0n) is 9.74. The van der Waals surface area contributed by atoms with Crippen molar-refractivity contribution in [3.63, 3.8) is 0 Å². The van der Waals surface area contributed by atoms with Gasteiger partial charge in [-0.2, -0.15) is 0 Å². The zero-order valence-corrected chi connectivity index (χ0v) is 11.3. The van der Waals surface area contributed by atoms with Gasteiger partial charge in [0.1, 0.15) is 5.82 Å². The number of carbonyl (C=O) groups excluding carboxylic acids is 1. The molecule has 0 fully saturated rings. The van der Waals surface area contributed by atoms with E-state index in [1.54, 1.807) is 6.92 Å². The number of rotatable bonds is 5. The van der Waals surface area contributed by atoms with Crippen LogP contribution in [0, 0.1) is 11.7 Å². The summed E-state index contributed by atoms with van der Waals surface area (Å²) in [7, 11) is 0. The maximum absolute atomic E-state index is 13.0. The maximum atomic E-state index is 13.0. The standard InChI is InChI=1S/C12H13BrFNO3/c1-7(5-12(17)18)4-11(16)15-8-2-3-10(14)9(13)6-8/h2-3,6-7H,4-5H2,1H3,(H,15,16)(H,17,18). The Kier molecular flexibility index (Phi) is 5.27. The van der Waals surface area contributed by atoms with E-state index in [2.05, 4.69) is 21.2 Å². The molecule has 6 heteroatoms. The van der Waals surface area contributed by atoms with Crippen LogP contribution in [0.25, 0.3) is 0 Å².